The molecule has 72 valence electrons. The molecule has 0 heterocycles. The molecule has 1 unspecified atom stereocenters. The van der Waals surface area contributed by atoms with Crippen LogP contribution in [-0.4, -0.2) is 33.1 Å². The monoisotopic (exact) mass is 184 g/mol. The molecule has 4 heteroatoms. The van der Waals surface area contributed by atoms with Crippen LogP contribution in [0.2, 0.25) is 0 Å². The smallest absolute Gasteiger partial charge is 0.122 e. The number of phenolic OH excluding ortho intramolecular Hbond substituents is 2. The first-order valence-corrected chi connectivity index (χ1v) is 3.94. The first kappa shape index (κ1) is 9.83. The molecule has 4 N–H and O–H groups in total. The van der Waals surface area contributed by atoms with Crippen LogP contribution in [0.5, 0.6) is 11.5 Å². The third-order valence-electron chi connectivity index (χ3n) is 1.78. The number of rotatable bonds is 3. The Kier molecular flexibility index (Phi) is 3.11. The average molecular weight is 184 g/mol. The highest BCUT2D eigenvalue weighted by molar-refractivity contribution is 5.43. The molecule has 4 nitrogen and oxygen atoms in total. The van der Waals surface area contributed by atoms with Gasteiger partial charge in [0, 0.05) is 12.0 Å². The fraction of sp³-hybridized carbons (Fsp3) is 0.333. The Bertz CT molecular complexity index is 265. The van der Waals surface area contributed by atoms with Gasteiger partial charge in [0.25, 0.3) is 0 Å². The maximum atomic E-state index is 9.28. The molecule has 0 bridgehead atoms. The Morgan fingerprint density at radius 3 is 2.15 bits per heavy atom. The molecule has 1 aromatic rings. The Labute approximate surface area is 75.7 Å². The quantitative estimate of drug-likeness (QED) is 0.532. The van der Waals surface area contributed by atoms with Gasteiger partial charge in [-0.2, -0.15) is 0 Å². The largest absolute Gasteiger partial charge is 0.508 e. The second-order valence-corrected chi connectivity index (χ2v) is 2.82. The lowest BCUT2D eigenvalue weighted by Gasteiger charge is -2.09. The van der Waals surface area contributed by atoms with Crippen LogP contribution in [0.1, 0.15) is 5.56 Å². The molecule has 0 saturated carbocycles. The summed E-state index contributed by atoms with van der Waals surface area (Å²) >= 11 is 0. The topological polar surface area (TPSA) is 80.9 Å². The van der Waals surface area contributed by atoms with Crippen LogP contribution in [-0.2, 0) is 6.42 Å². The molecular formula is C9H12O4. The van der Waals surface area contributed by atoms with Crippen LogP contribution < -0.4 is 0 Å². The zero-order valence-electron chi connectivity index (χ0n) is 7.01. The second-order valence-electron chi connectivity index (χ2n) is 2.82. The Balaban J connectivity index is 2.87. The standard InChI is InChI=1S/C9H12O4/c10-5-6(11)4-7-8(12)2-1-3-9(7)13/h1-3,6,10-13H,4-5H2. The van der Waals surface area contributed by atoms with Gasteiger partial charge in [-0.05, 0) is 12.1 Å². The predicted molar refractivity (Wildman–Crippen MR) is 46.6 cm³/mol. The summed E-state index contributed by atoms with van der Waals surface area (Å²) in [6, 6.07) is 4.33. The van der Waals surface area contributed by atoms with Gasteiger partial charge in [-0.1, -0.05) is 6.07 Å². The molecule has 0 spiro atoms. The summed E-state index contributed by atoms with van der Waals surface area (Å²) in [6.07, 6.45) is -0.922. The van der Waals surface area contributed by atoms with Crippen molar-refractivity contribution in [3.8, 4) is 11.5 Å². The summed E-state index contributed by atoms with van der Waals surface area (Å²) < 4.78 is 0. The van der Waals surface area contributed by atoms with E-state index in [2.05, 4.69) is 0 Å². The van der Waals surface area contributed by atoms with E-state index in [1.54, 1.807) is 0 Å². The van der Waals surface area contributed by atoms with E-state index in [0.29, 0.717) is 0 Å². The number of phenols is 2. The van der Waals surface area contributed by atoms with Crippen LogP contribution in [0.15, 0.2) is 18.2 Å². The van der Waals surface area contributed by atoms with Gasteiger partial charge in [0.2, 0.25) is 0 Å². The number of aliphatic hydroxyl groups is 2. The van der Waals surface area contributed by atoms with E-state index in [1.165, 1.54) is 18.2 Å². The van der Waals surface area contributed by atoms with Gasteiger partial charge in [0.05, 0.1) is 12.7 Å². The first-order chi connectivity index (χ1) is 6.15. The number of aromatic hydroxyl groups is 2. The predicted octanol–water partition coefficient (Wildman–Crippen LogP) is -0.00650. The van der Waals surface area contributed by atoms with E-state index in [1.807, 2.05) is 0 Å². The third kappa shape index (κ3) is 2.34. The van der Waals surface area contributed by atoms with Gasteiger partial charge in [-0.3, -0.25) is 0 Å². The maximum absolute atomic E-state index is 9.28. The highest BCUT2D eigenvalue weighted by atomic mass is 16.3. The molecule has 0 aliphatic rings. The summed E-state index contributed by atoms with van der Waals surface area (Å²) in [5, 5.41) is 36.2. The summed E-state index contributed by atoms with van der Waals surface area (Å²) in [5.41, 5.74) is 0.254. The lowest BCUT2D eigenvalue weighted by Crippen LogP contribution is -2.15. The highest BCUT2D eigenvalue weighted by Crippen LogP contribution is 2.27. The molecule has 0 radical (unpaired) electrons. The van der Waals surface area contributed by atoms with Crippen molar-refractivity contribution in [1.82, 2.24) is 0 Å². The van der Waals surface area contributed by atoms with Crippen molar-refractivity contribution in [1.29, 1.82) is 0 Å². The van der Waals surface area contributed by atoms with Crippen LogP contribution in [0.4, 0.5) is 0 Å². The molecule has 1 aromatic carbocycles. The molecule has 0 amide bonds. The van der Waals surface area contributed by atoms with E-state index >= 15 is 0 Å². The minimum absolute atomic E-state index is 0.0367. The zero-order chi connectivity index (χ0) is 9.84. The molecule has 1 rings (SSSR count). The van der Waals surface area contributed by atoms with Gasteiger partial charge < -0.3 is 20.4 Å². The number of aliphatic hydroxyl groups excluding tert-OH is 2. The zero-order valence-corrected chi connectivity index (χ0v) is 7.01. The summed E-state index contributed by atoms with van der Waals surface area (Å²) in [4.78, 5) is 0. The first-order valence-electron chi connectivity index (χ1n) is 3.94. The Morgan fingerprint density at radius 1 is 1.15 bits per heavy atom. The van der Waals surface area contributed by atoms with Crippen molar-refractivity contribution in [2.75, 3.05) is 6.61 Å². The van der Waals surface area contributed by atoms with Gasteiger partial charge in [-0.15, -0.1) is 0 Å². The lowest BCUT2D eigenvalue weighted by molar-refractivity contribution is 0.0944. The normalized spacial score (nSPS) is 12.8. The molecule has 1 atom stereocenters. The molecule has 13 heavy (non-hydrogen) atoms. The fourth-order valence-electron chi connectivity index (χ4n) is 1.07. The van der Waals surface area contributed by atoms with Crippen molar-refractivity contribution >= 4 is 0 Å². The van der Waals surface area contributed by atoms with Crippen molar-refractivity contribution < 1.29 is 20.4 Å². The van der Waals surface area contributed by atoms with E-state index in [0.717, 1.165) is 0 Å². The molecule has 0 saturated heterocycles. The number of hydrogen-bond donors (Lipinski definition) is 4. The van der Waals surface area contributed by atoms with Crippen LogP contribution in [0.3, 0.4) is 0 Å². The van der Waals surface area contributed by atoms with Crippen molar-refractivity contribution in [3.63, 3.8) is 0 Å². The second kappa shape index (κ2) is 4.11. The van der Waals surface area contributed by atoms with Crippen LogP contribution in [0.25, 0.3) is 0 Å². The summed E-state index contributed by atoms with van der Waals surface area (Å²) in [6.45, 7) is -0.395. The molecule has 0 fully saturated rings. The van der Waals surface area contributed by atoms with Crippen LogP contribution >= 0.6 is 0 Å². The molecular weight excluding hydrogens is 172 g/mol. The van der Waals surface area contributed by atoms with Crippen molar-refractivity contribution in [2.45, 2.75) is 12.5 Å². The average Bonchev–Trinajstić information content (AvgIpc) is 2.11. The SMILES string of the molecule is OCC(O)Cc1c(O)cccc1O. The van der Waals surface area contributed by atoms with Gasteiger partial charge in [0.15, 0.2) is 0 Å². The Hall–Kier alpha value is -1.26. The van der Waals surface area contributed by atoms with E-state index < -0.39 is 12.7 Å². The van der Waals surface area contributed by atoms with Crippen molar-refractivity contribution in [3.05, 3.63) is 23.8 Å². The lowest BCUT2D eigenvalue weighted by atomic mass is 10.1. The molecule has 0 aromatic heterocycles. The maximum Gasteiger partial charge on any atom is 0.122 e. The highest BCUT2D eigenvalue weighted by Gasteiger charge is 2.11. The summed E-state index contributed by atoms with van der Waals surface area (Å²) in [7, 11) is 0. The molecule has 0 aliphatic carbocycles. The fourth-order valence-corrected chi connectivity index (χ4v) is 1.07. The van der Waals surface area contributed by atoms with Gasteiger partial charge in [-0.25, -0.2) is 0 Å². The number of hydrogen-bond acceptors (Lipinski definition) is 4. The number of benzene rings is 1. The van der Waals surface area contributed by atoms with Gasteiger partial charge >= 0.3 is 0 Å². The van der Waals surface area contributed by atoms with Crippen LogP contribution in [0, 0.1) is 0 Å². The van der Waals surface area contributed by atoms with E-state index in [9.17, 15) is 10.2 Å². The minimum atomic E-state index is -0.959. The van der Waals surface area contributed by atoms with Gasteiger partial charge in [0.1, 0.15) is 11.5 Å². The Morgan fingerprint density at radius 2 is 1.69 bits per heavy atom. The minimum Gasteiger partial charge on any atom is -0.508 e. The molecule has 0 aliphatic heterocycles. The summed E-state index contributed by atoms with van der Waals surface area (Å²) in [5.74, 6) is -0.153. The van der Waals surface area contributed by atoms with E-state index in [-0.39, 0.29) is 23.5 Å². The van der Waals surface area contributed by atoms with E-state index in [4.69, 9.17) is 10.2 Å². The van der Waals surface area contributed by atoms with Crippen molar-refractivity contribution in [2.24, 2.45) is 0 Å². The third-order valence-corrected chi connectivity index (χ3v) is 1.78.